The fourth-order valence-electron chi connectivity index (χ4n) is 4.26. The average molecular weight is 384 g/mol. The van der Waals surface area contributed by atoms with Crippen molar-refractivity contribution in [2.75, 3.05) is 19.6 Å². The Kier molecular flexibility index (Phi) is 5.67. The molecule has 2 aliphatic rings. The molecular weight excluding hydrogens is 350 g/mol. The van der Waals surface area contributed by atoms with Crippen molar-refractivity contribution in [2.45, 2.75) is 77.3 Å². The Balaban J connectivity index is 1.44. The summed E-state index contributed by atoms with van der Waals surface area (Å²) in [4.78, 5) is 20.4. The summed E-state index contributed by atoms with van der Waals surface area (Å²) in [5.74, 6) is 0.511. The molecule has 3 heterocycles. The van der Waals surface area contributed by atoms with Gasteiger partial charge in [0.25, 0.3) is 5.91 Å². The van der Waals surface area contributed by atoms with Crippen molar-refractivity contribution in [3.05, 3.63) is 23.5 Å². The summed E-state index contributed by atoms with van der Waals surface area (Å²) in [6.07, 6.45) is 9.07. The summed E-state index contributed by atoms with van der Waals surface area (Å²) >= 11 is 0. The summed E-state index contributed by atoms with van der Waals surface area (Å²) in [5, 5.41) is 8.49. The third-order valence-corrected chi connectivity index (χ3v) is 6.16. The molecule has 0 radical (unpaired) electrons. The minimum absolute atomic E-state index is 0.00398. The van der Waals surface area contributed by atoms with Gasteiger partial charge in [-0.05, 0) is 65.5 Å². The topological polar surface area (TPSA) is 63.1 Å². The number of hydrogen-bond acceptors (Lipinski definition) is 4. The zero-order valence-corrected chi connectivity index (χ0v) is 17.4. The standard InChI is InChI=1S/C22H33N5O/c1-15(2)27-21-19(14-24-27)18(13-20(25-21)17-8-9-17)22(28)23-10-6-12-26-11-5-4-7-16(26)3/h13-17H,4-12H2,1-3H3,(H,23,28). The predicted octanol–water partition coefficient (Wildman–Crippen LogP) is 3.88. The number of pyridine rings is 1. The lowest BCUT2D eigenvalue weighted by atomic mass is 10.0. The van der Waals surface area contributed by atoms with E-state index in [4.69, 9.17) is 4.98 Å². The van der Waals surface area contributed by atoms with Gasteiger partial charge >= 0.3 is 0 Å². The Morgan fingerprint density at radius 3 is 2.82 bits per heavy atom. The number of nitrogens with zero attached hydrogens (tertiary/aromatic N) is 4. The second kappa shape index (κ2) is 8.19. The van der Waals surface area contributed by atoms with Crippen molar-refractivity contribution >= 4 is 16.9 Å². The molecule has 0 aromatic carbocycles. The van der Waals surface area contributed by atoms with Crippen LogP contribution in [0.1, 0.15) is 87.3 Å². The first-order valence-corrected chi connectivity index (χ1v) is 10.9. The highest BCUT2D eigenvalue weighted by atomic mass is 16.1. The molecule has 0 spiro atoms. The quantitative estimate of drug-likeness (QED) is 0.737. The molecule has 1 N–H and O–H groups in total. The van der Waals surface area contributed by atoms with E-state index < -0.39 is 0 Å². The van der Waals surface area contributed by atoms with Gasteiger partial charge in [-0.3, -0.25) is 4.79 Å². The maximum atomic E-state index is 13.0. The molecule has 6 nitrogen and oxygen atoms in total. The predicted molar refractivity (Wildman–Crippen MR) is 112 cm³/mol. The van der Waals surface area contributed by atoms with E-state index in [1.54, 1.807) is 6.20 Å². The zero-order valence-electron chi connectivity index (χ0n) is 17.4. The normalized spacial score (nSPS) is 20.8. The SMILES string of the molecule is CC1CCCCN1CCCNC(=O)c1cc(C2CC2)nc2c1cnn2C(C)C. The fourth-order valence-corrected chi connectivity index (χ4v) is 4.26. The fraction of sp³-hybridized carbons (Fsp3) is 0.682. The molecule has 1 aliphatic heterocycles. The highest BCUT2D eigenvalue weighted by Crippen LogP contribution is 2.40. The number of fused-ring (bicyclic) bond motifs is 1. The molecule has 4 rings (SSSR count). The van der Waals surface area contributed by atoms with Crippen LogP contribution in [0, 0.1) is 0 Å². The molecule has 0 bridgehead atoms. The van der Waals surface area contributed by atoms with Crippen LogP contribution in [0.25, 0.3) is 11.0 Å². The maximum Gasteiger partial charge on any atom is 0.252 e. The van der Waals surface area contributed by atoms with Crippen LogP contribution in [0.4, 0.5) is 0 Å². The minimum Gasteiger partial charge on any atom is -0.352 e. The number of amides is 1. The van der Waals surface area contributed by atoms with E-state index in [9.17, 15) is 4.79 Å². The number of aromatic nitrogens is 3. The molecule has 6 heteroatoms. The van der Waals surface area contributed by atoms with Crippen molar-refractivity contribution in [1.82, 2.24) is 25.0 Å². The Labute approximate surface area is 167 Å². The molecule has 1 saturated heterocycles. The molecule has 28 heavy (non-hydrogen) atoms. The van der Waals surface area contributed by atoms with E-state index in [2.05, 4.69) is 36.1 Å². The maximum absolute atomic E-state index is 13.0. The lowest BCUT2D eigenvalue weighted by molar-refractivity contribution is 0.0950. The number of nitrogens with one attached hydrogen (secondary N) is 1. The Bertz CT molecular complexity index is 839. The van der Waals surface area contributed by atoms with Crippen molar-refractivity contribution in [1.29, 1.82) is 0 Å². The Hall–Kier alpha value is -1.95. The number of rotatable bonds is 7. The first-order valence-electron chi connectivity index (χ1n) is 10.9. The summed E-state index contributed by atoms with van der Waals surface area (Å²) < 4.78 is 1.93. The zero-order chi connectivity index (χ0) is 19.7. The van der Waals surface area contributed by atoms with Gasteiger partial charge in [-0.2, -0.15) is 5.10 Å². The van der Waals surface area contributed by atoms with Gasteiger partial charge in [0.15, 0.2) is 5.65 Å². The van der Waals surface area contributed by atoms with E-state index in [0.717, 1.165) is 35.3 Å². The second-order valence-electron chi connectivity index (χ2n) is 8.78. The van der Waals surface area contributed by atoms with Crippen LogP contribution in [0.15, 0.2) is 12.3 Å². The minimum atomic E-state index is 0.00398. The van der Waals surface area contributed by atoms with E-state index in [-0.39, 0.29) is 11.9 Å². The lowest BCUT2D eigenvalue weighted by Crippen LogP contribution is -2.39. The van der Waals surface area contributed by atoms with Crippen LogP contribution < -0.4 is 5.32 Å². The van der Waals surface area contributed by atoms with Gasteiger partial charge in [0, 0.05) is 36.8 Å². The van der Waals surface area contributed by atoms with Crippen LogP contribution >= 0.6 is 0 Å². The monoisotopic (exact) mass is 383 g/mol. The first kappa shape index (κ1) is 19.4. The number of carbonyl (C=O) groups excluding carboxylic acids is 1. The molecule has 2 fully saturated rings. The molecule has 1 amide bonds. The van der Waals surface area contributed by atoms with E-state index in [1.165, 1.54) is 38.6 Å². The summed E-state index contributed by atoms with van der Waals surface area (Å²) in [6, 6.07) is 2.89. The van der Waals surface area contributed by atoms with E-state index in [0.29, 0.717) is 18.5 Å². The molecule has 152 valence electrons. The number of piperidine rings is 1. The number of carbonyl (C=O) groups is 1. The van der Waals surface area contributed by atoms with Gasteiger partial charge in [-0.15, -0.1) is 0 Å². The lowest BCUT2D eigenvalue weighted by Gasteiger charge is -2.33. The van der Waals surface area contributed by atoms with E-state index in [1.807, 2.05) is 10.7 Å². The summed E-state index contributed by atoms with van der Waals surface area (Å²) in [7, 11) is 0. The van der Waals surface area contributed by atoms with Gasteiger partial charge in [-0.1, -0.05) is 6.42 Å². The average Bonchev–Trinajstić information content (AvgIpc) is 3.44. The third-order valence-electron chi connectivity index (χ3n) is 6.16. The Morgan fingerprint density at radius 1 is 1.29 bits per heavy atom. The number of likely N-dealkylation sites (tertiary alicyclic amines) is 1. The van der Waals surface area contributed by atoms with Crippen LogP contribution in [0.3, 0.4) is 0 Å². The smallest absolute Gasteiger partial charge is 0.252 e. The molecule has 1 atom stereocenters. The van der Waals surface area contributed by atoms with Crippen LogP contribution in [-0.4, -0.2) is 51.2 Å². The Morgan fingerprint density at radius 2 is 2.11 bits per heavy atom. The van der Waals surface area contributed by atoms with Crippen molar-refractivity contribution in [3.63, 3.8) is 0 Å². The van der Waals surface area contributed by atoms with Gasteiger partial charge in [0.2, 0.25) is 0 Å². The van der Waals surface area contributed by atoms with Gasteiger partial charge < -0.3 is 10.2 Å². The van der Waals surface area contributed by atoms with Crippen LogP contribution in [-0.2, 0) is 0 Å². The molecule has 2 aromatic heterocycles. The summed E-state index contributed by atoms with van der Waals surface area (Å²) in [5.41, 5.74) is 2.61. The highest BCUT2D eigenvalue weighted by Gasteiger charge is 2.28. The molecule has 1 unspecified atom stereocenters. The van der Waals surface area contributed by atoms with Gasteiger partial charge in [-0.25, -0.2) is 9.67 Å². The van der Waals surface area contributed by atoms with Crippen LogP contribution in [0.2, 0.25) is 0 Å². The third kappa shape index (κ3) is 4.07. The molecule has 2 aromatic rings. The van der Waals surface area contributed by atoms with Gasteiger partial charge in [0.1, 0.15) is 0 Å². The molecule has 1 aliphatic carbocycles. The second-order valence-corrected chi connectivity index (χ2v) is 8.78. The largest absolute Gasteiger partial charge is 0.352 e. The van der Waals surface area contributed by atoms with E-state index >= 15 is 0 Å². The summed E-state index contributed by atoms with van der Waals surface area (Å²) in [6.45, 7) is 9.48. The van der Waals surface area contributed by atoms with Gasteiger partial charge in [0.05, 0.1) is 17.1 Å². The number of hydrogen-bond donors (Lipinski definition) is 1. The van der Waals surface area contributed by atoms with Crippen molar-refractivity contribution in [3.8, 4) is 0 Å². The van der Waals surface area contributed by atoms with Crippen molar-refractivity contribution in [2.24, 2.45) is 0 Å². The highest BCUT2D eigenvalue weighted by molar-refractivity contribution is 6.05. The molecule has 1 saturated carbocycles. The van der Waals surface area contributed by atoms with Crippen LogP contribution in [0.5, 0.6) is 0 Å². The van der Waals surface area contributed by atoms with Crippen molar-refractivity contribution < 1.29 is 4.79 Å². The molecular formula is C22H33N5O. The first-order chi connectivity index (χ1) is 13.5.